The van der Waals surface area contributed by atoms with Gasteiger partial charge in [0.25, 0.3) is 0 Å². The second-order valence-electron chi connectivity index (χ2n) is 2.30. The number of nitrogens with zero attached hydrogens (tertiary/aromatic N) is 1. The molecule has 86 valence electrons. The summed E-state index contributed by atoms with van der Waals surface area (Å²) in [7, 11) is -2.92. The molecule has 0 radical (unpaired) electrons. The molecule has 0 unspecified atom stereocenters. The van der Waals surface area contributed by atoms with E-state index in [2.05, 4.69) is 0 Å². The van der Waals surface area contributed by atoms with E-state index in [1.54, 1.807) is 4.90 Å². The number of hydrogen-bond acceptors (Lipinski definition) is 7. The molecule has 7 nitrogen and oxygen atoms in total. The second kappa shape index (κ2) is 27.2. The van der Waals surface area contributed by atoms with E-state index in [9.17, 15) is 0 Å². The fourth-order valence-corrected chi connectivity index (χ4v) is 0.760. The van der Waals surface area contributed by atoms with Gasteiger partial charge in [0.1, 0.15) is 0 Å². The first kappa shape index (κ1) is 31.9. The first-order valence-corrected chi connectivity index (χ1v) is 4.10. The van der Waals surface area contributed by atoms with Crippen LogP contribution in [-0.4, -0.2) is 67.0 Å². The minimum absolute atomic E-state index is 0. The molecule has 0 aromatic rings. The Kier molecular flexibility index (Phi) is 51.1. The average Bonchev–Trinajstić information content (AvgIpc) is 2.04. The van der Waals surface area contributed by atoms with Crippen LogP contribution in [0.15, 0.2) is 0 Å². The quantitative estimate of drug-likeness (QED) is 0.410. The van der Waals surface area contributed by atoms with Gasteiger partial charge in [-0.25, -0.2) is 0 Å². The number of hydrogen-bond donors (Lipinski definition) is 3. The van der Waals surface area contributed by atoms with Gasteiger partial charge in [0, 0.05) is 19.6 Å². The van der Waals surface area contributed by atoms with Crippen molar-refractivity contribution >= 4 is 7.32 Å². The van der Waals surface area contributed by atoms with Crippen LogP contribution in [0.2, 0.25) is 0 Å². The molecule has 0 saturated carbocycles. The van der Waals surface area contributed by atoms with E-state index >= 15 is 0 Å². The summed E-state index contributed by atoms with van der Waals surface area (Å²) in [5, 5.41) is 50.7. The largest absolute Gasteiger partial charge is 1.00 e. The summed E-state index contributed by atoms with van der Waals surface area (Å²) in [6.07, 6.45) is 0. The molecule has 0 aliphatic heterocycles. The van der Waals surface area contributed by atoms with E-state index < -0.39 is 7.32 Å². The van der Waals surface area contributed by atoms with Gasteiger partial charge in [-0.3, -0.25) is 12.2 Å². The predicted molar refractivity (Wildman–Crippen MR) is 43.5 cm³/mol. The Balaban J connectivity index is -0.0000000607. The van der Waals surface area contributed by atoms with E-state index in [1.807, 2.05) is 0 Å². The van der Waals surface area contributed by atoms with Crippen LogP contribution in [0.25, 0.3) is 0 Å². The summed E-state index contributed by atoms with van der Waals surface area (Å²) in [5.74, 6) is 0. The maximum Gasteiger partial charge on any atom is 1.00 e. The van der Waals surface area contributed by atoms with E-state index in [1.165, 1.54) is 0 Å². The van der Waals surface area contributed by atoms with Crippen molar-refractivity contribution in [2.75, 3.05) is 39.5 Å². The van der Waals surface area contributed by atoms with Crippen LogP contribution >= 0.6 is 0 Å². The van der Waals surface area contributed by atoms with Crippen LogP contribution in [0.5, 0.6) is 0 Å². The molecule has 0 saturated heterocycles. The zero-order valence-electron chi connectivity index (χ0n) is 10.8. The number of aliphatic hydroxyl groups excluding tert-OH is 3. The summed E-state index contributed by atoms with van der Waals surface area (Å²) >= 11 is 0. The van der Waals surface area contributed by atoms with Gasteiger partial charge in [-0.2, -0.15) is 0 Å². The molecule has 3 N–H and O–H groups in total. The first-order valence-electron chi connectivity index (χ1n) is 4.10. The van der Waals surface area contributed by atoms with Gasteiger partial charge in [-0.05, 0) is 0 Å². The van der Waals surface area contributed by atoms with Crippen molar-refractivity contribution in [1.29, 1.82) is 0 Å². The molecule has 0 bridgehead atoms. The van der Waals surface area contributed by atoms with Gasteiger partial charge in [-0.15, -0.1) is 0 Å². The van der Waals surface area contributed by atoms with Crippen LogP contribution in [-0.2, 0) is 0 Å². The summed E-state index contributed by atoms with van der Waals surface area (Å²) in [6.45, 7) is 1.75. The molecule has 0 aromatic heterocycles. The smallest absolute Gasteiger partial charge is 0.907 e. The second-order valence-corrected chi connectivity index (χ2v) is 2.30. The van der Waals surface area contributed by atoms with Crippen molar-refractivity contribution < 1.29 is 119 Å². The maximum atomic E-state index is 8.48. The molecule has 11 heteroatoms. The molecule has 0 amide bonds. The van der Waals surface area contributed by atoms with Crippen LogP contribution < -0.4 is 104 Å². The van der Waals surface area contributed by atoms with Gasteiger partial charge in [0.2, 0.25) is 0 Å². The summed E-state index contributed by atoms with van der Waals surface area (Å²) in [4.78, 5) is 1.79. The van der Waals surface area contributed by atoms with E-state index in [4.69, 9.17) is 30.4 Å². The van der Waals surface area contributed by atoms with Gasteiger partial charge >= 0.3 is 88.7 Å². The molecule has 0 aliphatic carbocycles. The third-order valence-electron chi connectivity index (χ3n) is 1.25. The third-order valence-corrected chi connectivity index (χ3v) is 1.25. The standard InChI is InChI=1S/C6H15NO3.BO3.3Na/c8-4-1-7(2-5-9)3-6-10;2-1(3)4;;;/h8-10H,1-6H2;;;;/q;-3;3*+1. The molecule has 0 heterocycles. The molecule has 0 aromatic carbocycles. The molecule has 0 aliphatic rings. The van der Waals surface area contributed by atoms with E-state index in [-0.39, 0.29) is 108 Å². The van der Waals surface area contributed by atoms with Gasteiger partial charge in [-0.1, -0.05) is 0 Å². The normalized spacial score (nSPS) is 7.94. The molecule has 0 spiro atoms. The molecule has 0 atom stereocenters. The number of aliphatic hydroxyl groups is 3. The zero-order valence-corrected chi connectivity index (χ0v) is 16.8. The van der Waals surface area contributed by atoms with Crippen molar-refractivity contribution in [3.8, 4) is 0 Å². The molecule has 0 fully saturated rings. The van der Waals surface area contributed by atoms with Crippen LogP contribution in [0.3, 0.4) is 0 Å². The van der Waals surface area contributed by atoms with E-state index in [0.717, 1.165) is 0 Å². The monoisotopic (exact) mass is 277 g/mol. The Hall–Kier alpha value is 2.78. The van der Waals surface area contributed by atoms with Crippen molar-refractivity contribution in [2.45, 2.75) is 0 Å². The van der Waals surface area contributed by atoms with Crippen molar-refractivity contribution in [3.05, 3.63) is 0 Å². The summed E-state index contributed by atoms with van der Waals surface area (Å²) in [6, 6.07) is 0. The van der Waals surface area contributed by atoms with Gasteiger partial charge < -0.3 is 30.4 Å². The van der Waals surface area contributed by atoms with Crippen LogP contribution in [0.1, 0.15) is 0 Å². The topological polar surface area (TPSA) is 133 Å². The Morgan fingerprint density at radius 1 is 0.706 bits per heavy atom. The summed E-state index contributed by atoms with van der Waals surface area (Å²) in [5.41, 5.74) is 0. The maximum absolute atomic E-state index is 8.48. The predicted octanol–water partition coefficient (Wildman–Crippen LogP) is -14.7. The fraction of sp³-hybridized carbons (Fsp3) is 1.00. The minimum atomic E-state index is -2.92. The van der Waals surface area contributed by atoms with E-state index in [0.29, 0.717) is 19.6 Å². The Morgan fingerprint density at radius 3 is 1.00 bits per heavy atom. The SMILES string of the molecule is OCCN(CCO)CCO.[Na+].[Na+].[Na+].[O-]B([O-])[O-]. The Morgan fingerprint density at radius 2 is 0.882 bits per heavy atom. The Bertz CT molecular complexity index is 101. The zero-order chi connectivity index (χ0) is 11.4. The van der Waals surface area contributed by atoms with Crippen molar-refractivity contribution in [3.63, 3.8) is 0 Å². The molecule has 17 heavy (non-hydrogen) atoms. The van der Waals surface area contributed by atoms with Crippen LogP contribution in [0.4, 0.5) is 0 Å². The van der Waals surface area contributed by atoms with Crippen molar-refractivity contribution in [2.24, 2.45) is 0 Å². The number of rotatable bonds is 6. The molecular weight excluding hydrogens is 262 g/mol. The summed E-state index contributed by atoms with van der Waals surface area (Å²) < 4.78 is 0. The Labute approximate surface area is 168 Å². The fourth-order valence-electron chi connectivity index (χ4n) is 0.760. The average molecular weight is 277 g/mol. The first-order chi connectivity index (χ1) is 6.58. The van der Waals surface area contributed by atoms with Crippen LogP contribution in [0, 0.1) is 0 Å². The van der Waals surface area contributed by atoms with Crippen molar-refractivity contribution in [1.82, 2.24) is 4.90 Å². The third kappa shape index (κ3) is 38.1. The van der Waals surface area contributed by atoms with Gasteiger partial charge in [0.15, 0.2) is 0 Å². The van der Waals surface area contributed by atoms with Gasteiger partial charge in [0.05, 0.1) is 19.8 Å². The minimum Gasteiger partial charge on any atom is -0.907 e. The molecular formula is C6H15BNNa3O6. The molecule has 0 rings (SSSR count).